The van der Waals surface area contributed by atoms with Crippen LogP contribution >= 0.6 is 0 Å². The van der Waals surface area contributed by atoms with Gasteiger partial charge in [0.05, 0.1) is 0 Å². The van der Waals surface area contributed by atoms with Crippen LogP contribution in [0.2, 0.25) is 0 Å². The maximum atomic E-state index is 2.45. The van der Waals surface area contributed by atoms with E-state index >= 15 is 0 Å². The Bertz CT molecular complexity index is 105. The molecule has 1 saturated carbocycles. The summed E-state index contributed by atoms with van der Waals surface area (Å²) >= 11 is 0. The lowest BCUT2D eigenvalue weighted by Crippen LogP contribution is -1.99. The highest BCUT2D eigenvalue weighted by Crippen LogP contribution is 2.26. The Morgan fingerprint density at radius 1 is 1.56 bits per heavy atom. The van der Waals surface area contributed by atoms with Crippen LogP contribution in [0.1, 0.15) is 39.5 Å². The normalized spacial score (nSPS) is 20.9. The molecule has 0 bridgehead atoms. The Balaban J connectivity index is 2.27. The highest BCUT2D eigenvalue weighted by atomic mass is 14.1. The van der Waals surface area contributed by atoms with Gasteiger partial charge in [0.1, 0.15) is 0 Å². The topological polar surface area (TPSA) is 0 Å². The second-order valence-electron chi connectivity index (χ2n) is 3.06. The maximum Gasteiger partial charge on any atom is -0.0262 e. The van der Waals surface area contributed by atoms with Gasteiger partial charge < -0.3 is 0 Å². The van der Waals surface area contributed by atoms with Gasteiger partial charge in [-0.25, -0.2) is 0 Å². The lowest BCUT2D eigenvalue weighted by Gasteiger charge is -2.17. The Kier molecular flexibility index (Phi) is 2.32. The highest BCUT2D eigenvalue weighted by Gasteiger charge is 2.08. The van der Waals surface area contributed by atoms with Crippen LogP contribution in [0.4, 0.5) is 0 Å². The van der Waals surface area contributed by atoms with E-state index in [2.05, 4.69) is 19.9 Å². The number of rotatable bonds is 2. The molecule has 1 aliphatic carbocycles. The van der Waals surface area contributed by atoms with Crippen molar-refractivity contribution >= 4 is 0 Å². The first kappa shape index (κ1) is 6.85. The molecule has 0 heterocycles. The van der Waals surface area contributed by atoms with Crippen LogP contribution in [0.15, 0.2) is 11.6 Å². The fourth-order valence-corrected chi connectivity index (χ4v) is 1.07. The molecule has 0 aromatic rings. The molecule has 9 heavy (non-hydrogen) atoms. The minimum atomic E-state index is 0.820. The smallest absolute Gasteiger partial charge is 0.0262 e. The molecule has 0 spiro atoms. The maximum absolute atomic E-state index is 2.45. The molecular weight excluding hydrogens is 108 g/mol. The first-order chi connectivity index (χ1) is 4.33. The molecule has 0 nitrogen and oxygen atoms in total. The van der Waals surface area contributed by atoms with Crippen molar-refractivity contribution in [1.82, 2.24) is 0 Å². The summed E-state index contributed by atoms with van der Waals surface area (Å²) in [5.41, 5.74) is 1.70. The monoisotopic (exact) mass is 124 g/mol. The van der Waals surface area contributed by atoms with E-state index in [0.717, 1.165) is 5.92 Å². The van der Waals surface area contributed by atoms with Crippen molar-refractivity contribution in [1.29, 1.82) is 0 Å². The van der Waals surface area contributed by atoms with Gasteiger partial charge in [0, 0.05) is 0 Å². The van der Waals surface area contributed by atoms with Crippen LogP contribution < -0.4 is 0 Å². The van der Waals surface area contributed by atoms with Crippen molar-refractivity contribution in [2.45, 2.75) is 39.5 Å². The van der Waals surface area contributed by atoms with E-state index in [0.29, 0.717) is 0 Å². The standard InChI is InChI=1S/C9H16/c1-3-8(2)7-9-5-4-6-9/h7-8H,3-6H2,1-2H3. The third-order valence-electron chi connectivity index (χ3n) is 2.16. The molecule has 0 amide bonds. The van der Waals surface area contributed by atoms with Crippen LogP contribution in [0.25, 0.3) is 0 Å². The predicted molar refractivity (Wildman–Crippen MR) is 41.4 cm³/mol. The van der Waals surface area contributed by atoms with Crippen molar-refractivity contribution < 1.29 is 0 Å². The molecule has 1 aliphatic rings. The van der Waals surface area contributed by atoms with E-state index in [4.69, 9.17) is 0 Å². The van der Waals surface area contributed by atoms with Gasteiger partial charge in [-0.15, -0.1) is 0 Å². The van der Waals surface area contributed by atoms with Crippen molar-refractivity contribution in [2.24, 2.45) is 5.92 Å². The zero-order chi connectivity index (χ0) is 6.69. The van der Waals surface area contributed by atoms with Crippen molar-refractivity contribution in [3.63, 3.8) is 0 Å². The molecule has 1 unspecified atom stereocenters. The summed E-state index contributed by atoms with van der Waals surface area (Å²) in [7, 11) is 0. The Hall–Kier alpha value is -0.260. The zero-order valence-corrected chi connectivity index (χ0v) is 6.48. The summed E-state index contributed by atoms with van der Waals surface area (Å²) in [6.07, 6.45) is 7.93. The van der Waals surface area contributed by atoms with Crippen molar-refractivity contribution in [2.75, 3.05) is 0 Å². The van der Waals surface area contributed by atoms with E-state index in [1.807, 2.05) is 0 Å². The molecule has 0 N–H and O–H groups in total. The van der Waals surface area contributed by atoms with E-state index in [9.17, 15) is 0 Å². The molecule has 1 fully saturated rings. The molecule has 1 rings (SSSR count). The fourth-order valence-electron chi connectivity index (χ4n) is 1.07. The second kappa shape index (κ2) is 3.05. The van der Waals surface area contributed by atoms with E-state index in [-0.39, 0.29) is 0 Å². The first-order valence-corrected chi connectivity index (χ1v) is 4.02. The van der Waals surface area contributed by atoms with E-state index in [1.54, 1.807) is 5.57 Å². The third-order valence-corrected chi connectivity index (χ3v) is 2.16. The van der Waals surface area contributed by atoms with Gasteiger partial charge in [-0.05, 0) is 25.2 Å². The van der Waals surface area contributed by atoms with Gasteiger partial charge in [-0.1, -0.05) is 31.9 Å². The van der Waals surface area contributed by atoms with Gasteiger partial charge in [-0.2, -0.15) is 0 Å². The Labute approximate surface area is 58.0 Å². The van der Waals surface area contributed by atoms with Crippen LogP contribution in [0, 0.1) is 5.92 Å². The number of hydrogen-bond donors (Lipinski definition) is 0. The lowest BCUT2D eigenvalue weighted by atomic mass is 9.89. The van der Waals surface area contributed by atoms with Gasteiger partial charge in [0.2, 0.25) is 0 Å². The molecular formula is C9H16. The summed E-state index contributed by atoms with van der Waals surface area (Å²) in [5, 5.41) is 0. The average Bonchev–Trinajstić information content (AvgIpc) is 1.78. The minimum absolute atomic E-state index is 0.820. The molecule has 0 aromatic carbocycles. The molecule has 52 valence electrons. The quantitative estimate of drug-likeness (QED) is 0.496. The molecule has 0 radical (unpaired) electrons. The molecule has 0 aliphatic heterocycles. The first-order valence-electron chi connectivity index (χ1n) is 4.02. The minimum Gasteiger partial charge on any atom is -0.0825 e. The van der Waals surface area contributed by atoms with Gasteiger partial charge in [-0.3, -0.25) is 0 Å². The van der Waals surface area contributed by atoms with Crippen LogP contribution in [-0.2, 0) is 0 Å². The van der Waals surface area contributed by atoms with Gasteiger partial charge >= 0.3 is 0 Å². The molecule has 0 saturated heterocycles. The summed E-state index contributed by atoms with van der Waals surface area (Å²) < 4.78 is 0. The molecule has 0 heteroatoms. The highest BCUT2D eigenvalue weighted by molar-refractivity contribution is 5.10. The van der Waals surface area contributed by atoms with Crippen molar-refractivity contribution in [3.05, 3.63) is 11.6 Å². The van der Waals surface area contributed by atoms with E-state index in [1.165, 1.54) is 25.7 Å². The zero-order valence-electron chi connectivity index (χ0n) is 6.48. The molecule has 1 atom stereocenters. The number of hydrogen-bond acceptors (Lipinski definition) is 0. The summed E-state index contributed by atoms with van der Waals surface area (Å²) in [6, 6.07) is 0. The van der Waals surface area contributed by atoms with Gasteiger partial charge in [0.25, 0.3) is 0 Å². The third kappa shape index (κ3) is 1.85. The average molecular weight is 124 g/mol. The van der Waals surface area contributed by atoms with E-state index < -0.39 is 0 Å². The SMILES string of the molecule is CCC(C)C=C1CCC1. The van der Waals surface area contributed by atoms with Crippen LogP contribution in [0.5, 0.6) is 0 Å². The lowest BCUT2D eigenvalue weighted by molar-refractivity contribution is 0.619. The number of allylic oxidation sites excluding steroid dienone is 2. The van der Waals surface area contributed by atoms with Gasteiger partial charge in [0.15, 0.2) is 0 Å². The summed E-state index contributed by atoms with van der Waals surface area (Å²) in [6.45, 7) is 4.55. The fraction of sp³-hybridized carbons (Fsp3) is 0.778. The predicted octanol–water partition coefficient (Wildman–Crippen LogP) is 3.14. The molecule has 0 aromatic heterocycles. The largest absolute Gasteiger partial charge is 0.0825 e. The summed E-state index contributed by atoms with van der Waals surface area (Å²) in [5.74, 6) is 0.820. The Morgan fingerprint density at radius 2 is 2.22 bits per heavy atom. The summed E-state index contributed by atoms with van der Waals surface area (Å²) in [4.78, 5) is 0. The second-order valence-corrected chi connectivity index (χ2v) is 3.06. The van der Waals surface area contributed by atoms with Crippen LogP contribution in [0.3, 0.4) is 0 Å². The Morgan fingerprint density at radius 3 is 2.56 bits per heavy atom. The van der Waals surface area contributed by atoms with Crippen LogP contribution in [-0.4, -0.2) is 0 Å². The van der Waals surface area contributed by atoms with Crippen molar-refractivity contribution in [3.8, 4) is 0 Å².